The molecular formula is C14H24BrN3O2S. The van der Waals surface area contributed by atoms with Crippen molar-refractivity contribution in [3.05, 3.63) is 28.2 Å². The second-order valence-electron chi connectivity index (χ2n) is 6.20. The summed E-state index contributed by atoms with van der Waals surface area (Å²) in [7, 11) is 0.376. The van der Waals surface area contributed by atoms with Crippen molar-refractivity contribution in [2.24, 2.45) is 11.1 Å². The van der Waals surface area contributed by atoms with E-state index in [0.29, 0.717) is 17.6 Å². The zero-order valence-corrected chi connectivity index (χ0v) is 15.4. The van der Waals surface area contributed by atoms with Gasteiger partial charge in [-0.3, -0.25) is 0 Å². The largest absolute Gasteiger partial charge is 0.326 e. The van der Waals surface area contributed by atoms with Gasteiger partial charge in [-0.05, 0) is 53.1 Å². The normalized spacial score (nSPS) is 12.9. The van der Waals surface area contributed by atoms with Crippen LogP contribution in [-0.2, 0) is 16.6 Å². The Kier molecular flexibility index (Phi) is 6.36. The summed E-state index contributed by atoms with van der Waals surface area (Å²) in [6.45, 7) is 5.52. The summed E-state index contributed by atoms with van der Waals surface area (Å²) >= 11 is 3.29. The maximum Gasteiger partial charge on any atom is 0.241 e. The van der Waals surface area contributed by atoms with Crippen molar-refractivity contribution < 1.29 is 8.42 Å². The van der Waals surface area contributed by atoms with Gasteiger partial charge < -0.3 is 10.6 Å². The lowest BCUT2D eigenvalue weighted by Crippen LogP contribution is -2.40. The van der Waals surface area contributed by atoms with Crippen molar-refractivity contribution in [2.75, 3.05) is 27.2 Å². The Balaban J connectivity index is 2.92. The van der Waals surface area contributed by atoms with Gasteiger partial charge in [0.15, 0.2) is 0 Å². The molecule has 0 aromatic heterocycles. The molecule has 1 rings (SSSR count). The van der Waals surface area contributed by atoms with Crippen molar-refractivity contribution in [1.29, 1.82) is 0 Å². The average Bonchev–Trinajstić information content (AvgIpc) is 2.36. The van der Waals surface area contributed by atoms with Crippen LogP contribution in [0.3, 0.4) is 0 Å². The fourth-order valence-electron chi connectivity index (χ4n) is 2.16. The van der Waals surface area contributed by atoms with Crippen LogP contribution in [0.1, 0.15) is 19.4 Å². The molecule has 3 N–H and O–H groups in total. The molecule has 0 aliphatic carbocycles. The smallest absolute Gasteiger partial charge is 0.241 e. The Morgan fingerprint density at radius 2 is 1.95 bits per heavy atom. The molecule has 7 heteroatoms. The molecule has 1 aromatic carbocycles. The van der Waals surface area contributed by atoms with E-state index in [1.54, 1.807) is 18.2 Å². The van der Waals surface area contributed by atoms with E-state index in [4.69, 9.17) is 5.73 Å². The fourth-order valence-corrected chi connectivity index (χ4v) is 4.41. The Labute approximate surface area is 136 Å². The van der Waals surface area contributed by atoms with Gasteiger partial charge in [-0.1, -0.05) is 19.9 Å². The highest BCUT2D eigenvalue weighted by Gasteiger charge is 2.24. The Hall–Kier alpha value is -0.470. The molecule has 0 fully saturated rings. The zero-order chi connectivity index (χ0) is 16.3. The highest BCUT2D eigenvalue weighted by atomic mass is 79.9. The van der Waals surface area contributed by atoms with E-state index in [1.165, 1.54) is 0 Å². The molecule has 0 radical (unpaired) electrons. The van der Waals surface area contributed by atoms with E-state index < -0.39 is 10.0 Å². The summed E-state index contributed by atoms with van der Waals surface area (Å²) in [5, 5.41) is 0. The zero-order valence-electron chi connectivity index (χ0n) is 13.0. The lowest BCUT2D eigenvalue weighted by atomic mass is 9.93. The molecule has 0 saturated carbocycles. The van der Waals surface area contributed by atoms with E-state index in [0.717, 1.165) is 12.1 Å². The number of rotatable bonds is 7. The lowest BCUT2D eigenvalue weighted by Gasteiger charge is -2.28. The maximum atomic E-state index is 12.5. The minimum Gasteiger partial charge on any atom is -0.326 e. The standard InChI is InChI=1S/C14H24BrN3O2S/c1-14(2,10-18(3)4)9-17-21(19,20)13-7-11(8-16)5-6-12(13)15/h5-7,17H,8-10,16H2,1-4H3. The van der Waals surface area contributed by atoms with Gasteiger partial charge in [-0.2, -0.15) is 0 Å². The molecule has 0 unspecified atom stereocenters. The van der Waals surface area contributed by atoms with Crippen molar-refractivity contribution in [3.8, 4) is 0 Å². The molecule has 0 heterocycles. The van der Waals surface area contributed by atoms with Gasteiger partial charge in [0.1, 0.15) is 0 Å². The summed E-state index contributed by atoms with van der Waals surface area (Å²) in [6, 6.07) is 5.12. The Morgan fingerprint density at radius 1 is 1.33 bits per heavy atom. The molecule has 0 saturated heterocycles. The minimum atomic E-state index is -3.56. The van der Waals surface area contributed by atoms with Crippen molar-refractivity contribution in [1.82, 2.24) is 9.62 Å². The molecule has 120 valence electrons. The molecular weight excluding hydrogens is 354 g/mol. The quantitative estimate of drug-likeness (QED) is 0.759. The fraction of sp³-hybridized carbons (Fsp3) is 0.571. The van der Waals surface area contributed by atoms with Crippen molar-refractivity contribution in [2.45, 2.75) is 25.3 Å². The molecule has 0 amide bonds. The third-order valence-corrected chi connectivity index (χ3v) is 5.40. The monoisotopic (exact) mass is 377 g/mol. The average molecular weight is 378 g/mol. The van der Waals surface area contributed by atoms with Gasteiger partial charge in [0.2, 0.25) is 10.0 Å². The second kappa shape index (κ2) is 7.19. The SMILES string of the molecule is CN(C)CC(C)(C)CNS(=O)(=O)c1cc(CN)ccc1Br. The van der Waals surface area contributed by atoms with Crippen molar-refractivity contribution in [3.63, 3.8) is 0 Å². The number of hydrogen-bond donors (Lipinski definition) is 2. The van der Waals surface area contributed by atoms with Gasteiger partial charge in [0, 0.05) is 24.1 Å². The first-order valence-corrected chi connectivity index (χ1v) is 8.98. The summed E-state index contributed by atoms with van der Waals surface area (Å²) < 4.78 is 28.1. The molecule has 0 spiro atoms. The van der Waals surface area contributed by atoms with E-state index in [1.807, 2.05) is 32.8 Å². The van der Waals surface area contributed by atoms with Crippen molar-refractivity contribution >= 4 is 26.0 Å². The topological polar surface area (TPSA) is 75.4 Å². The number of sulfonamides is 1. The van der Waals surface area contributed by atoms with Crippen LogP contribution < -0.4 is 10.5 Å². The molecule has 0 aliphatic rings. The van der Waals surface area contributed by atoms with Crippen LogP contribution in [0, 0.1) is 5.41 Å². The minimum absolute atomic E-state index is 0.158. The summed E-state index contributed by atoms with van der Waals surface area (Å²) in [5.41, 5.74) is 6.20. The van der Waals surface area contributed by atoms with E-state index >= 15 is 0 Å². The van der Waals surface area contributed by atoms with E-state index in [9.17, 15) is 8.42 Å². The van der Waals surface area contributed by atoms with Crippen LogP contribution in [0.4, 0.5) is 0 Å². The first-order valence-electron chi connectivity index (χ1n) is 6.70. The third-order valence-electron chi connectivity index (χ3n) is 3.01. The molecule has 5 nitrogen and oxygen atoms in total. The summed E-state index contributed by atoms with van der Waals surface area (Å²) in [5.74, 6) is 0. The second-order valence-corrected chi connectivity index (χ2v) is 8.79. The number of benzene rings is 1. The van der Waals surface area contributed by atoms with Crippen LogP contribution in [0.15, 0.2) is 27.6 Å². The number of halogens is 1. The van der Waals surface area contributed by atoms with Gasteiger partial charge in [0.25, 0.3) is 0 Å². The van der Waals surface area contributed by atoms with Gasteiger partial charge >= 0.3 is 0 Å². The lowest BCUT2D eigenvalue weighted by molar-refractivity contribution is 0.242. The van der Waals surface area contributed by atoms with Crippen LogP contribution in [0.5, 0.6) is 0 Å². The van der Waals surface area contributed by atoms with E-state index in [-0.39, 0.29) is 10.3 Å². The first-order chi connectivity index (χ1) is 9.57. The Bertz CT molecular complexity index is 586. The summed E-state index contributed by atoms with van der Waals surface area (Å²) in [4.78, 5) is 2.27. The molecule has 0 aliphatic heterocycles. The number of hydrogen-bond acceptors (Lipinski definition) is 4. The predicted molar refractivity (Wildman–Crippen MR) is 89.6 cm³/mol. The number of nitrogens with two attached hydrogens (primary N) is 1. The molecule has 21 heavy (non-hydrogen) atoms. The van der Waals surface area contributed by atoms with Crippen LogP contribution in [0.2, 0.25) is 0 Å². The molecule has 0 bridgehead atoms. The highest BCUT2D eigenvalue weighted by molar-refractivity contribution is 9.10. The maximum absolute atomic E-state index is 12.5. The van der Waals surface area contributed by atoms with Gasteiger partial charge in [0.05, 0.1) is 4.90 Å². The van der Waals surface area contributed by atoms with Crippen LogP contribution >= 0.6 is 15.9 Å². The predicted octanol–water partition coefficient (Wildman–Crippen LogP) is 1.77. The Morgan fingerprint density at radius 3 is 2.48 bits per heavy atom. The van der Waals surface area contributed by atoms with Crippen LogP contribution in [-0.4, -0.2) is 40.5 Å². The number of nitrogens with zero attached hydrogens (tertiary/aromatic N) is 1. The highest BCUT2D eigenvalue weighted by Crippen LogP contribution is 2.24. The molecule has 0 atom stereocenters. The first kappa shape index (κ1) is 18.6. The third kappa shape index (κ3) is 5.67. The van der Waals surface area contributed by atoms with Gasteiger partial charge in [-0.15, -0.1) is 0 Å². The van der Waals surface area contributed by atoms with E-state index in [2.05, 4.69) is 20.7 Å². The molecule has 1 aromatic rings. The summed E-state index contributed by atoms with van der Waals surface area (Å²) in [6.07, 6.45) is 0. The number of nitrogens with one attached hydrogen (secondary N) is 1. The van der Waals surface area contributed by atoms with Crippen LogP contribution in [0.25, 0.3) is 0 Å². The van der Waals surface area contributed by atoms with Gasteiger partial charge in [-0.25, -0.2) is 13.1 Å².